The van der Waals surface area contributed by atoms with Gasteiger partial charge in [-0.25, -0.2) is 13.2 Å². The maximum atomic E-state index is 12.8. The van der Waals surface area contributed by atoms with Crippen LogP contribution in [-0.2, 0) is 16.6 Å². The van der Waals surface area contributed by atoms with Crippen molar-refractivity contribution >= 4 is 33.1 Å². The Morgan fingerprint density at radius 1 is 1.06 bits per heavy atom. The maximum Gasteiger partial charge on any atom is 0.511 e. The number of hydrogen-bond acceptors (Lipinski definition) is 7. The lowest BCUT2D eigenvalue weighted by atomic mass is 9.94. The van der Waals surface area contributed by atoms with E-state index in [9.17, 15) is 13.2 Å². The van der Waals surface area contributed by atoms with Crippen molar-refractivity contribution in [1.29, 1.82) is 0 Å². The van der Waals surface area contributed by atoms with E-state index in [4.69, 9.17) is 14.6 Å². The summed E-state index contributed by atoms with van der Waals surface area (Å²) in [5, 5.41) is 10.8. The minimum absolute atomic E-state index is 0.220. The molecule has 0 saturated carbocycles. The van der Waals surface area contributed by atoms with Crippen LogP contribution in [-0.4, -0.2) is 61.6 Å². The summed E-state index contributed by atoms with van der Waals surface area (Å²) in [6.07, 6.45) is 0.723. The number of hydrogen-bond donors (Lipinski definition) is 1. The lowest BCUT2D eigenvalue weighted by Gasteiger charge is -2.33. The number of nitrogens with zero attached hydrogens (tertiary/aromatic N) is 2. The number of ether oxygens (including phenoxy) is 2. The zero-order chi connectivity index (χ0) is 24.4. The molecule has 182 valence electrons. The third-order valence-electron chi connectivity index (χ3n) is 6.11. The van der Waals surface area contributed by atoms with Gasteiger partial charge in [0.25, 0.3) is 10.0 Å². The molecule has 0 bridgehead atoms. The highest BCUT2D eigenvalue weighted by molar-refractivity contribution is 7.91. The summed E-state index contributed by atoms with van der Waals surface area (Å²) in [7, 11) is -3.45. The SMILES string of the molecule is O=C(O)Oc1ccc2c(c1)C(=CCN1CCN(S(=O)(=O)c3cccs3)CC1)c1ccccc1CO2. The molecule has 2 aliphatic heterocycles. The van der Waals surface area contributed by atoms with Gasteiger partial charge in [0.15, 0.2) is 0 Å². The Labute approximate surface area is 207 Å². The van der Waals surface area contributed by atoms with Gasteiger partial charge in [-0.2, -0.15) is 4.31 Å². The summed E-state index contributed by atoms with van der Waals surface area (Å²) in [5.74, 6) is 0.870. The number of piperazine rings is 1. The first-order valence-electron chi connectivity index (χ1n) is 11.1. The van der Waals surface area contributed by atoms with Gasteiger partial charge in [0.1, 0.15) is 22.3 Å². The molecule has 0 unspecified atom stereocenters. The van der Waals surface area contributed by atoms with Crippen LogP contribution in [0.5, 0.6) is 11.5 Å². The molecule has 10 heteroatoms. The smallest absolute Gasteiger partial charge is 0.488 e. The molecule has 2 aromatic carbocycles. The Kier molecular flexibility index (Phi) is 6.61. The van der Waals surface area contributed by atoms with Crippen LogP contribution in [0.4, 0.5) is 4.79 Å². The predicted molar refractivity (Wildman–Crippen MR) is 132 cm³/mol. The quantitative estimate of drug-likeness (QED) is 0.406. The molecule has 0 atom stereocenters. The fourth-order valence-electron chi connectivity index (χ4n) is 4.35. The Balaban J connectivity index is 1.39. The maximum absolute atomic E-state index is 12.8. The number of thiophene rings is 1. The van der Waals surface area contributed by atoms with E-state index in [1.165, 1.54) is 11.3 Å². The average molecular weight is 513 g/mol. The van der Waals surface area contributed by atoms with Crippen molar-refractivity contribution in [1.82, 2.24) is 9.21 Å². The van der Waals surface area contributed by atoms with E-state index in [2.05, 4.69) is 11.0 Å². The van der Waals surface area contributed by atoms with Crippen LogP contribution < -0.4 is 9.47 Å². The van der Waals surface area contributed by atoms with Gasteiger partial charge >= 0.3 is 6.16 Å². The van der Waals surface area contributed by atoms with E-state index in [-0.39, 0.29) is 5.75 Å². The van der Waals surface area contributed by atoms with Crippen LogP contribution in [0, 0.1) is 0 Å². The number of carboxylic acid groups (broad SMARTS) is 1. The number of sulfonamides is 1. The number of fused-ring (bicyclic) bond motifs is 2. The molecule has 0 radical (unpaired) electrons. The van der Waals surface area contributed by atoms with E-state index in [0.717, 1.165) is 22.3 Å². The minimum atomic E-state index is -3.45. The lowest BCUT2D eigenvalue weighted by Crippen LogP contribution is -2.48. The number of carbonyl (C=O) groups is 1. The van der Waals surface area contributed by atoms with E-state index in [1.54, 1.807) is 40.0 Å². The number of rotatable bonds is 5. The Morgan fingerprint density at radius 3 is 2.60 bits per heavy atom. The lowest BCUT2D eigenvalue weighted by molar-refractivity contribution is 0.144. The van der Waals surface area contributed by atoms with Crippen LogP contribution in [0.2, 0.25) is 0 Å². The van der Waals surface area contributed by atoms with Gasteiger partial charge in [0.05, 0.1) is 0 Å². The Hall–Kier alpha value is -3.18. The first kappa shape index (κ1) is 23.6. The highest BCUT2D eigenvalue weighted by Gasteiger charge is 2.29. The molecule has 1 fully saturated rings. The predicted octanol–water partition coefficient (Wildman–Crippen LogP) is 4.14. The van der Waals surface area contributed by atoms with Gasteiger partial charge in [0, 0.05) is 38.3 Å². The molecule has 1 saturated heterocycles. The molecule has 1 N–H and O–H groups in total. The second-order valence-corrected chi connectivity index (χ2v) is 11.3. The van der Waals surface area contributed by atoms with Gasteiger partial charge < -0.3 is 14.6 Å². The van der Waals surface area contributed by atoms with Crippen molar-refractivity contribution in [3.05, 3.63) is 82.7 Å². The van der Waals surface area contributed by atoms with Crippen molar-refractivity contribution < 1.29 is 27.8 Å². The topological polar surface area (TPSA) is 96.4 Å². The third-order valence-corrected chi connectivity index (χ3v) is 9.38. The summed E-state index contributed by atoms with van der Waals surface area (Å²) >= 11 is 1.24. The Morgan fingerprint density at radius 2 is 1.86 bits per heavy atom. The molecule has 35 heavy (non-hydrogen) atoms. The average Bonchev–Trinajstić information content (AvgIpc) is 3.35. The second-order valence-electron chi connectivity index (χ2n) is 8.23. The largest absolute Gasteiger partial charge is 0.511 e. The Bertz CT molecular complexity index is 1360. The molecule has 0 amide bonds. The van der Waals surface area contributed by atoms with Crippen LogP contribution in [0.1, 0.15) is 16.7 Å². The molecule has 2 aliphatic rings. The molecule has 1 aromatic heterocycles. The van der Waals surface area contributed by atoms with Crippen LogP contribution >= 0.6 is 11.3 Å². The van der Waals surface area contributed by atoms with Crippen molar-refractivity contribution in [3.63, 3.8) is 0 Å². The van der Waals surface area contributed by atoms with E-state index < -0.39 is 16.2 Å². The monoisotopic (exact) mass is 512 g/mol. The van der Waals surface area contributed by atoms with Gasteiger partial charge in [-0.15, -0.1) is 11.3 Å². The van der Waals surface area contributed by atoms with Crippen molar-refractivity contribution in [2.24, 2.45) is 0 Å². The summed E-state index contributed by atoms with van der Waals surface area (Å²) < 4.78 is 38.5. The van der Waals surface area contributed by atoms with E-state index in [0.29, 0.717) is 49.3 Å². The van der Waals surface area contributed by atoms with Crippen LogP contribution in [0.3, 0.4) is 0 Å². The zero-order valence-electron chi connectivity index (χ0n) is 18.8. The van der Waals surface area contributed by atoms with Crippen molar-refractivity contribution in [2.45, 2.75) is 10.8 Å². The zero-order valence-corrected chi connectivity index (χ0v) is 20.4. The van der Waals surface area contributed by atoms with Gasteiger partial charge in [-0.3, -0.25) is 4.90 Å². The summed E-state index contributed by atoms with van der Waals surface area (Å²) in [5.41, 5.74) is 3.73. The van der Waals surface area contributed by atoms with Crippen molar-refractivity contribution in [2.75, 3.05) is 32.7 Å². The van der Waals surface area contributed by atoms with E-state index in [1.807, 2.05) is 24.3 Å². The van der Waals surface area contributed by atoms with Gasteiger partial charge in [-0.05, 0) is 46.3 Å². The molecular formula is C25H24N2O6S2. The molecule has 3 aromatic rings. The summed E-state index contributed by atoms with van der Waals surface area (Å²) in [6.45, 7) is 3.09. The minimum Gasteiger partial charge on any atom is -0.488 e. The molecule has 8 nitrogen and oxygen atoms in total. The van der Waals surface area contributed by atoms with Crippen LogP contribution in [0.25, 0.3) is 5.57 Å². The molecule has 3 heterocycles. The normalized spacial score (nSPS) is 17.8. The van der Waals surface area contributed by atoms with Crippen molar-refractivity contribution in [3.8, 4) is 11.5 Å². The highest BCUT2D eigenvalue weighted by Crippen LogP contribution is 2.38. The summed E-state index contributed by atoms with van der Waals surface area (Å²) in [4.78, 5) is 13.3. The van der Waals surface area contributed by atoms with Gasteiger partial charge in [0.2, 0.25) is 0 Å². The first-order valence-corrected chi connectivity index (χ1v) is 13.5. The molecule has 0 spiro atoms. The fourth-order valence-corrected chi connectivity index (χ4v) is 6.92. The summed E-state index contributed by atoms with van der Waals surface area (Å²) in [6, 6.07) is 16.3. The standard InChI is InChI=1S/C25H24N2O6S2/c28-25(29)33-19-7-8-23-22(16-19)21(20-5-2-1-4-18(20)17-32-23)9-10-26-11-13-27(14-12-26)35(30,31)24-6-3-15-34-24/h1-9,15-16H,10-14,17H2,(H,28,29). The molecule has 0 aliphatic carbocycles. The van der Waals surface area contributed by atoms with Crippen LogP contribution in [0.15, 0.2) is 70.3 Å². The first-order chi connectivity index (χ1) is 16.9. The molecular weight excluding hydrogens is 488 g/mol. The number of benzene rings is 2. The third kappa shape index (κ3) is 4.96. The van der Waals surface area contributed by atoms with E-state index >= 15 is 0 Å². The fraction of sp³-hybridized carbons (Fsp3) is 0.240. The second kappa shape index (κ2) is 9.82. The van der Waals surface area contributed by atoms with Gasteiger partial charge in [-0.1, -0.05) is 36.4 Å². The molecule has 5 rings (SSSR count). The highest BCUT2D eigenvalue weighted by atomic mass is 32.2.